The van der Waals surface area contributed by atoms with E-state index in [-0.39, 0.29) is 0 Å². The Morgan fingerprint density at radius 2 is 1.55 bits per heavy atom. The monoisotopic (exact) mass is 190 g/mol. The summed E-state index contributed by atoms with van der Waals surface area (Å²) in [6.07, 6.45) is 9.93. The summed E-state index contributed by atoms with van der Waals surface area (Å²) in [5.41, 5.74) is 0. The summed E-state index contributed by atoms with van der Waals surface area (Å²) >= 11 is 8.15. The van der Waals surface area contributed by atoms with Crippen LogP contribution >= 0.6 is 25.3 Å². The molecule has 0 nitrogen and oxygen atoms in total. The molecule has 0 aromatic carbocycles. The molecule has 0 aromatic heterocycles. The minimum absolute atomic E-state index is 1.04. The summed E-state index contributed by atoms with van der Waals surface area (Å²) in [6.45, 7) is 0. The molecule has 0 bridgehead atoms. The van der Waals surface area contributed by atoms with Gasteiger partial charge < -0.3 is 0 Å². The Kier molecular flexibility index (Phi) is 10.9. The SMILES string of the molecule is S/C=C/CCCCCCCS. The molecule has 0 saturated carbocycles. The molecule has 0 amide bonds. The lowest BCUT2D eigenvalue weighted by atomic mass is 10.1. The molecule has 11 heavy (non-hydrogen) atoms. The van der Waals surface area contributed by atoms with Gasteiger partial charge in [-0.25, -0.2) is 0 Å². The Morgan fingerprint density at radius 1 is 0.909 bits per heavy atom. The molecular weight excluding hydrogens is 172 g/mol. The minimum Gasteiger partial charge on any atom is -0.179 e. The van der Waals surface area contributed by atoms with Crippen molar-refractivity contribution in [3.63, 3.8) is 0 Å². The molecule has 0 aliphatic heterocycles. The Bertz CT molecular complexity index is 89.6. The van der Waals surface area contributed by atoms with Crippen LogP contribution in [0.4, 0.5) is 0 Å². The third-order valence-electron chi connectivity index (χ3n) is 1.63. The second-order valence-corrected chi connectivity index (χ2v) is 3.41. The van der Waals surface area contributed by atoms with Gasteiger partial charge in [-0.05, 0) is 30.4 Å². The van der Waals surface area contributed by atoms with Crippen LogP contribution in [-0.2, 0) is 0 Å². The largest absolute Gasteiger partial charge is 0.179 e. The van der Waals surface area contributed by atoms with E-state index in [9.17, 15) is 0 Å². The molecule has 0 unspecified atom stereocenters. The number of allylic oxidation sites excluding steroid dienone is 1. The van der Waals surface area contributed by atoms with Crippen LogP contribution in [0.5, 0.6) is 0 Å². The van der Waals surface area contributed by atoms with Crippen molar-refractivity contribution in [1.82, 2.24) is 0 Å². The molecule has 66 valence electrons. The van der Waals surface area contributed by atoms with E-state index in [1.165, 1.54) is 38.5 Å². The first kappa shape index (κ1) is 11.4. The second-order valence-electron chi connectivity index (χ2n) is 2.66. The molecule has 0 N–H and O–H groups in total. The van der Waals surface area contributed by atoms with Crippen LogP contribution in [0.2, 0.25) is 0 Å². The Hall–Kier alpha value is 0.440. The molecule has 0 saturated heterocycles. The van der Waals surface area contributed by atoms with Crippen LogP contribution in [0.15, 0.2) is 11.5 Å². The summed E-state index contributed by atoms with van der Waals surface area (Å²) < 4.78 is 0. The highest BCUT2D eigenvalue weighted by Gasteiger charge is 1.87. The number of rotatable bonds is 7. The number of thiol groups is 2. The van der Waals surface area contributed by atoms with Crippen molar-refractivity contribution in [3.05, 3.63) is 11.5 Å². The van der Waals surface area contributed by atoms with E-state index in [4.69, 9.17) is 0 Å². The van der Waals surface area contributed by atoms with E-state index in [0.29, 0.717) is 0 Å². The van der Waals surface area contributed by atoms with Crippen molar-refractivity contribution < 1.29 is 0 Å². The first-order valence-corrected chi connectivity index (χ1v) is 5.46. The van der Waals surface area contributed by atoms with Gasteiger partial charge in [-0.15, -0.1) is 0 Å². The fraction of sp³-hybridized carbons (Fsp3) is 0.778. The lowest BCUT2D eigenvalue weighted by molar-refractivity contribution is 0.640. The van der Waals surface area contributed by atoms with Crippen LogP contribution in [0.1, 0.15) is 38.5 Å². The lowest BCUT2D eigenvalue weighted by Crippen LogP contribution is -1.79. The van der Waals surface area contributed by atoms with E-state index >= 15 is 0 Å². The maximum absolute atomic E-state index is 4.16. The van der Waals surface area contributed by atoms with Gasteiger partial charge in [-0.1, -0.05) is 25.3 Å². The quantitative estimate of drug-likeness (QED) is 0.444. The maximum Gasteiger partial charge on any atom is -0.00979 e. The van der Waals surface area contributed by atoms with Gasteiger partial charge >= 0.3 is 0 Å². The van der Waals surface area contributed by atoms with Gasteiger partial charge in [0, 0.05) is 0 Å². The molecule has 2 heteroatoms. The molecule has 0 aromatic rings. The van der Waals surface area contributed by atoms with Gasteiger partial charge in [0.2, 0.25) is 0 Å². The summed E-state index contributed by atoms with van der Waals surface area (Å²) in [5.74, 6) is 1.04. The molecule has 0 heterocycles. The van der Waals surface area contributed by atoms with E-state index in [0.717, 1.165) is 5.75 Å². The van der Waals surface area contributed by atoms with Crippen molar-refractivity contribution in [3.8, 4) is 0 Å². The van der Waals surface area contributed by atoms with E-state index in [1.54, 1.807) is 0 Å². The summed E-state index contributed by atoms with van der Waals surface area (Å²) in [5, 5.41) is 1.83. The van der Waals surface area contributed by atoms with Crippen molar-refractivity contribution in [2.75, 3.05) is 5.75 Å². The van der Waals surface area contributed by atoms with Gasteiger partial charge in [0.05, 0.1) is 0 Å². The third kappa shape index (κ3) is 10.4. The predicted octanol–water partition coefficient (Wildman–Crippen LogP) is 3.70. The standard InChI is InChI=1S/C9H18S2/c10-8-6-4-2-1-3-5-7-9-11/h6,8,10-11H,1-5,7,9H2/b8-6+. The van der Waals surface area contributed by atoms with Crippen molar-refractivity contribution >= 4 is 25.3 Å². The van der Waals surface area contributed by atoms with Crippen LogP contribution in [0.3, 0.4) is 0 Å². The maximum atomic E-state index is 4.16. The highest BCUT2D eigenvalue weighted by Crippen LogP contribution is 2.06. The van der Waals surface area contributed by atoms with Crippen LogP contribution < -0.4 is 0 Å². The molecule has 0 rings (SSSR count). The van der Waals surface area contributed by atoms with Crippen LogP contribution in [0.25, 0.3) is 0 Å². The fourth-order valence-electron chi connectivity index (χ4n) is 0.979. The third-order valence-corrected chi connectivity index (χ3v) is 2.16. The molecule has 0 fully saturated rings. The first-order chi connectivity index (χ1) is 5.41. The molecule has 0 spiro atoms. The van der Waals surface area contributed by atoms with Crippen molar-refractivity contribution in [1.29, 1.82) is 0 Å². The van der Waals surface area contributed by atoms with E-state index < -0.39 is 0 Å². The predicted molar refractivity (Wildman–Crippen MR) is 59.7 cm³/mol. The summed E-state index contributed by atoms with van der Waals surface area (Å²) in [6, 6.07) is 0. The molecule has 0 atom stereocenters. The van der Waals surface area contributed by atoms with E-state index in [1.807, 2.05) is 5.41 Å². The Morgan fingerprint density at radius 3 is 2.18 bits per heavy atom. The zero-order valence-electron chi connectivity index (χ0n) is 7.00. The lowest BCUT2D eigenvalue weighted by Gasteiger charge is -1.96. The van der Waals surface area contributed by atoms with Crippen molar-refractivity contribution in [2.45, 2.75) is 38.5 Å². The smallest absolute Gasteiger partial charge is 0.00979 e. The highest BCUT2D eigenvalue weighted by molar-refractivity contribution is 7.83. The average Bonchev–Trinajstić information content (AvgIpc) is 2.03. The molecular formula is C9H18S2. The molecule has 0 radical (unpaired) electrons. The average molecular weight is 190 g/mol. The van der Waals surface area contributed by atoms with Crippen LogP contribution in [-0.4, -0.2) is 5.75 Å². The summed E-state index contributed by atoms with van der Waals surface area (Å²) in [7, 11) is 0. The topological polar surface area (TPSA) is 0 Å². The fourth-order valence-corrected chi connectivity index (χ4v) is 1.35. The zero-order valence-corrected chi connectivity index (χ0v) is 8.79. The number of unbranched alkanes of at least 4 members (excludes halogenated alkanes) is 5. The van der Waals surface area contributed by atoms with Gasteiger partial charge in [-0.2, -0.15) is 25.3 Å². The van der Waals surface area contributed by atoms with Gasteiger partial charge in [0.15, 0.2) is 0 Å². The second kappa shape index (κ2) is 10.4. The van der Waals surface area contributed by atoms with E-state index in [2.05, 4.69) is 31.3 Å². The van der Waals surface area contributed by atoms with Gasteiger partial charge in [0.1, 0.15) is 0 Å². The Labute approximate surface area is 81.3 Å². The van der Waals surface area contributed by atoms with Gasteiger partial charge in [0.25, 0.3) is 0 Å². The number of hydrogen-bond donors (Lipinski definition) is 2. The molecule has 0 aliphatic rings. The van der Waals surface area contributed by atoms with Gasteiger partial charge in [-0.3, -0.25) is 0 Å². The number of hydrogen-bond acceptors (Lipinski definition) is 2. The Balaban J connectivity index is 2.79. The van der Waals surface area contributed by atoms with Crippen molar-refractivity contribution in [2.24, 2.45) is 0 Å². The zero-order chi connectivity index (χ0) is 8.36. The first-order valence-electron chi connectivity index (χ1n) is 4.32. The van der Waals surface area contributed by atoms with Crippen LogP contribution in [0, 0.1) is 0 Å². The minimum atomic E-state index is 1.04. The summed E-state index contributed by atoms with van der Waals surface area (Å²) in [4.78, 5) is 0. The highest BCUT2D eigenvalue weighted by atomic mass is 32.1. The normalized spacial score (nSPS) is 11.1. The molecule has 0 aliphatic carbocycles.